The highest BCUT2D eigenvalue weighted by Crippen LogP contribution is 2.20. The lowest BCUT2D eigenvalue weighted by Gasteiger charge is -2.19. The van der Waals surface area contributed by atoms with Gasteiger partial charge in [0.15, 0.2) is 0 Å². The summed E-state index contributed by atoms with van der Waals surface area (Å²) in [7, 11) is 1.81. The van der Waals surface area contributed by atoms with Gasteiger partial charge in [0.1, 0.15) is 5.82 Å². The average molecular weight is 232 g/mol. The molecule has 0 aliphatic rings. The van der Waals surface area contributed by atoms with Gasteiger partial charge in [-0.15, -0.1) is 0 Å². The first-order valence-corrected chi connectivity index (χ1v) is 5.18. The van der Waals surface area contributed by atoms with Crippen molar-refractivity contribution >= 4 is 11.6 Å². The number of rotatable bonds is 4. The number of likely N-dealkylation sites (N-methyl/N-ethyl adjacent to an activating group) is 1. The fraction of sp³-hybridized carbons (Fsp3) is 0.455. The third-order valence-electron chi connectivity index (χ3n) is 2.07. The fourth-order valence-corrected chi connectivity index (χ4v) is 1.69. The molecule has 0 saturated heterocycles. The number of hydrogen-bond acceptors (Lipinski definition) is 2. The van der Waals surface area contributed by atoms with Gasteiger partial charge >= 0.3 is 0 Å². The molecular formula is C11H15ClFNO. The second kappa shape index (κ2) is 5.45. The second-order valence-electron chi connectivity index (χ2n) is 3.75. The molecule has 0 aliphatic heterocycles. The Hall–Kier alpha value is -0.640. The number of aliphatic hydroxyl groups excluding tert-OH is 1. The van der Waals surface area contributed by atoms with E-state index in [0.717, 1.165) is 0 Å². The van der Waals surface area contributed by atoms with Gasteiger partial charge in [0.25, 0.3) is 0 Å². The van der Waals surface area contributed by atoms with E-state index in [1.54, 1.807) is 19.1 Å². The van der Waals surface area contributed by atoms with Crippen molar-refractivity contribution in [2.75, 3.05) is 13.6 Å². The van der Waals surface area contributed by atoms with E-state index in [4.69, 9.17) is 11.6 Å². The predicted molar refractivity (Wildman–Crippen MR) is 59.4 cm³/mol. The summed E-state index contributed by atoms with van der Waals surface area (Å²) < 4.78 is 13.4. The first-order valence-electron chi connectivity index (χ1n) is 4.80. The lowest BCUT2D eigenvalue weighted by molar-refractivity contribution is 0.138. The van der Waals surface area contributed by atoms with E-state index in [0.29, 0.717) is 23.7 Å². The summed E-state index contributed by atoms with van der Waals surface area (Å²) in [6.07, 6.45) is -0.430. The van der Waals surface area contributed by atoms with Gasteiger partial charge in [0.2, 0.25) is 0 Å². The number of hydrogen-bond donors (Lipinski definition) is 1. The van der Waals surface area contributed by atoms with Crippen molar-refractivity contribution in [3.8, 4) is 0 Å². The summed E-state index contributed by atoms with van der Waals surface area (Å²) in [5.74, 6) is -0.306. The van der Waals surface area contributed by atoms with Crippen LogP contribution in [0.4, 0.5) is 4.39 Å². The van der Waals surface area contributed by atoms with Crippen LogP contribution in [-0.2, 0) is 6.54 Å². The molecule has 0 radical (unpaired) electrons. The number of aliphatic hydroxyl groups is 1. The molecule has 2 nitrogen and oxygen atoms in total. The minimum atomic E-state index is -0.430. The van der Waals surface area contributed by atoms with E-state index in [2.05, 4.69) is 0 Å². The smallest absolute Gasteiger partial charge is 0.129 e. The molecular weight excluding hydrogens is 217 g/mol. The predicted octanol–water partition coefficient (Wildman–Crippen LogP) is 2.29. The van der Waals surface area contributed by atoms with Crippen molar-refractivity contribution < 1.29 is 9.50 Å². The maximum Gasteiger partial charge on any atom is 0.129 e. The molecule has 1 aromatic rings. The highest BCUT2D eigenvalue weighted by molar-refractivity contribution is 6.31. The molecule has 0 aromatic heterocycles. The van der Waals surface area contributed by atoms with Crippen LogP contribution in [0.5, 0.6) is 0 Å². The van der Waals surface area contributed by atoms with Crippen LogP contribution in [0.3, 0.4) is 0 Å². The van der Waals surface area contributed by atoms with Gasteiger partial charge in [0, 0.05) is 23.7 Å². The third kappa shape index (κ3) is 3.78. The van der Waals surface area contributed by atoms with Crippen LogP contribution in [0.2, 0.25) is 5.02 Å². The standard InChI is InChI=1S/C11H15ClFNO/c1-8(15)6-14(2)7-9-10(12)4-3-5-11(9)13/h3-5,8,15H,6-7H2,1-2H3. The molecule has 1 atom stereocenters. The van der Waals surface area contributed by atoms with E-state index < -0.39 is 6.10 Å². The van der Waals surface area contributed by atoms with Gasteiger partial charge in [-0.3, -0.25) is 4.90 Å². The summed E-state index contributed by atoms with van der Waals surface area (Å²) in [5.41, 5.74) is 0.474. The van der Waals surface area contributed by atoms with E-state index in [1.807, 2.05) is 11.9 Å². The lowest BCUT2D eigenvalue weighted by atomic mass is 10.2. The summed E-state index contributed by atoms with van der Waals surface area (Å²) in [6.45, 7) is 2.58. The minimum Gasteiger partial charge on any atom is -0.392 e. The van der Waals surface area contributed by atoms with Crippen LogP contribution in [0, 0.1) is 5.82 Å². The molecule has 0 amide bonds. The van der Waals surface area contributed by atoms with Crippen molar-refractivity contribution in [1.29, 1.82) is 0 Å². The highest BCUT2D eigenvalue weighted by Gasteiger charge is 2.10. The van der Waals surface area contributed by atoms with Crippen molar-refractivity contribution in [1.82, 2.24) is 4.90 Å². The van der Waals surface area contributed by atoms with E-state index >= 15 is 0 Å². The molecule has 84 valence electrons. The highest BCUT2D eigenvalue weighted by atomic mass is 35.5. The third-order valence-corrected chi connectivity index (χ3v) is 2.42. The monoisotopic (exact) mass is 231 g/mol. The van der Waals surface area contributed by atoms with Crippen LogP contribution >= 0.6 is 11.6 Å². The first-order chi connectivity index (χ1) is 7.00. The molecule has 15 heavy (non-hydrogen) atoms. The number of nitrogens with zero attached hydrogens (tertiary/aromatic N) is 1. The van der Waals surface area contributed by atoms with Crippen LogP contribution in [0.1, 0.15) is 12.5 Å². The Morgan fingerprint density at radius 1 is 1.53 bits per heavy atom. The van der Waals surface area contributed by atoms with Crippen molar-refractivity contribution in [2.45, 2.75) is 19.6 Å². The summed E-state index contributed by atoms with van der Waals surface area (Å²) in [4.78, 5) is 1.83. The Kier molecular flexibility index (Phi) is 4.51. The van der Waals surface area contributed by atoms with Crippen LogP contribution in [0.15, 0.2) is 18.2 Å². The van der Waals surface area contributed by atoms with Crippen molar-refractivity contribution in [3.63, 3.8) is 0 Å². The summed E-state index contributed by atoms with van der Waals surface area (Å²) >= 11 is 5.88. The SMILES string of the molecule is CC(O)CN(C)Cc1c(F)cccc1Cl. The molecule has 0 spiro atoms. The van der Waals surface area contributed by atoms with Gasteiger partial charge in [-0.2, -0.15) is 0 Å². The topological polar surface area (TPSA) is 23.5 Å². The maximum absolute atomic E-state index is 13.4. The molecule has 0 aliphatic carbocycles. The Morgan fingerprint density at radius 2 is 2.20 bits per heavy atom. The molecule has 1 aromatic carbocycles. The molecule has 1 unspecified atom stereocenters. The van der Waals surface area contributed by atoms with Gasteiger partial charge in [-0.25, -0.2) is 4.39 Å². The summed E-state index contributed by atoms with van der Waals surface area (Å²) in [6, 6.07) is 4.63. The van der Waals surface area contributed by atoms with Crippen LogP contribution in [-0.4, -0.2) is 29.7 Å². The van der Waals surface area contributed by atoms with Gasteiger partial charge < -0.3 is 5.11 Å². The van der Waals surface area contributed by atoms with E-state index in [-0.39, 0.29) is 5.82 Å². The van der Waals surface area contributed by atoms with Crippen LogP contribution in [0.25, 0.3) is 0 Å². The van der Waals surface area contributed by atoms with Gasteiger partial charge in [-0.05, 0) is 26.1 Å². The number of benzene rings is 1. The zero-order chi connectivity index (χ0) is 11.4. The Morgan fingerprint density at radius 3 is 2.73 bits per heavy atom. The molecule has 0 heterocycles. The molecule has 1 N–H and O–H groups in total. The van der Waals surface area contributed by atoms with E-state index in [1.165, 1.54) is 6.07 Å². The van der Waals surface area contributed by atoms with Gasteiger partial charge in [0.05, 0.1) is 6.10 Å². The average Bonchev–Trinajstić information content (AvgIpc) is 2.10. The molecule has 0 bridgehead atoms. The normalized spacial score (nSPS) is 13.2. The van der Waals surface area contributed by atoms with E-state index in [9.17, 15) is 9.50 Å². The Labute approximate surface area is 94.3 Å². The van der Waals surface area contributed by atoms with Crippen molar-refractivity contribution in [3.05, 3.63) is 34.6 Å². The lowest BCUT2D eigenvalue weighted by Crippen LogP contribution is -2.27. The molecule has 4 heteroatoms. The Balaban J connectivity index is 2.71. The van der Waals surface area contributed by atoms with Gasteiger partial charge in [-0.1, -0.05) is 17.7 Å². The fourth-order valence-electron chi connectivity index (χ4n) is 1.47. The molecule has 0 fully saturated rings. The van der Waals surface area contributed by atoms with Crippen molar-refractivity contribution in [2.24, 2.45) is 0 Å². The quantitative estimate of drug-likeness (QED) is 0.860. The minimum absolute atomic E-state index is 0.306. The number of halogens is 2. The first kappa shape index (κ1) is 12.4. The van der Waals surface area contributed by atoms with Crippen LogP contribution < -0.4 is 0 Å². The molecule has 0 saturated carbocycles. The second-order valence-corrected chi connectivity index (χ2v) is 4.15. The maximum atomic E-state index is 13.4. The largest absolute Gasteiger partial charge is 0.392 e. The Bertz CT molecular complexity index is 310. The zero-order valence-corrected chi connectivity index (χ0v) is 9.63. The zero-order valence-electron chi connectivity index (χ0n) is 8.87. The molecule has 1 rings (SSSR count). The summed E-state index contributed by atoms with van der Waals surface area (Å²) in [5, 5.41) is 9.59.